The summed E-state index contributed by atoms with van der Waals surface area (Å²) < 4.78 is 5.19. The van der Waals surface area contributed by atoms with Crippen molar-refractivity contribution in [1.29, 1.82) is 0 Å². The number of benzene rings is 1. The lowest BCUT2D eigenvalue weighted by molar-refractivity contribution is 0.415. The Kier molecular flexibility index (Phi) is 3.12. The van der Waals surface area contributed by atoms with Crippen LogP contribution in [0.4, 0.5) is 0 Å². The van der Waals surface area contributed by atoms with Crippen molar-refractivity contribution >= 4 is 22.4 Å². The minimum Gasteiger partial charge on any atom is -0.497 e. The normalized spacial score (nSPS) is 11.0. The van der Waals surface area contributed by atoms with Gasteiger partial charge >= 0.3 is 0 Å². The molecule has 4 nitrogen and oxygen atoms in total. The number of pyridine rings is 1. The molecule has 0 atom stereocenters. The van der Waals surface area contributed by atoms with Gasteiger partial charge in [0.05, 0.1) is 12.8 Å². The fourth-order valence-electron chi connectivity index (χ4n) is 2.43. The molecule has 0 aliphatic heterocycles. The molecule has 3 heterocycles. The van der Waals surface area contributed by atoms with E-state index in [0.29, 0.717) is 0 Å². The molecule has 22 heavy (non-hydrogen) atoms. The molecule has 0 fully saturated rings. The molecule has 0 amide bonds. The van der Waals surface area contributed by atoms with Gasteiger partial charge in [0.2, 0.25) is 0 Å². The Bertz CT molecular complexity index is 924. The summed E-state index contributed by atoms with van der Waals surface area (Å²) in [6.07, 6.45) is 3.75. The van der Waals surface area contributed by atoms with Gasteiger partial charge < -0.3 is 9.72 Å². The van der Waals surface area contributed by atoms with E-state index >= 15 is 0 Å². The van der Waals surface area contributed by atoms with Gasteiger partial charge in [0.15, 0.2) is 0 Å². The van der Waals surface area contributed by atoms with E-state index in [4.69, 9.17) is 9.72 Å². The molecule has 3 aromatic heterocycles. The number of fused-ring (bicyclic) bond motifs is 1. The average Bonchev–Trinajstić information content (AvgIpc) is 3.21. The van der Waals surface area contributed by atoms with Crippen LogP contribution >= 0.6 is 11.3 Å². The highest BCUT2D eigenvalue weighted by Gasteiger charge is 2.11. The maximum atomic E-state index is 5.19. The zero-order valence-corrected chi connectivity index (χ0v) is 12.7. The van der Waals surface area contributed by atoms with Crippen LogP contribution in [0.25, 0.3) is 32.9 Å². The van der Waals surface area contributed by atoms with E-state index in [0.717, 1.165) is 38.6 Å². The molecule has 0 saturated heterocycles. The molecule has 0 unspecified atom stereocenters. The van der Waals surface area contributed by atoms with E-state index in [1.54, 1.807) is 24.6 Å². The molecule has 5 heteroatoms. The van der Waals surface area contributed by atoms with Gasteiger partial charge in [0.25, 0.3) is 0 Å². The minimum atomic E-state index is 0.850. The second kappa shape index (κ2) is 5.27. The first kappa shape index (κ1) is 13.0. The van der Waals surface area contributed by atoms with Crippen LogP contribution < -0.4 is 4.74 Å². The molecular weight excluding hydrogens is 294 g/mol. The molecular formula is C17H13N3OS. The van der Waals surface area contributed by atoms with Crippen molar-refractivity contribution in [3.05, 3.63) is 54.2 Å². The van der Waals surface area contributed by atoms with Gasteiger partial charge in [-0.3, -0.25) is 0 Å². The third-order valence-corrected chi connectivity index (χ3v) is 4.46. The number of aromatic nitrogens is 3. The molecule has 0 aliphatic carbocycles. The maximum absolute atomic E-state index is 5.19. The lowest BCUT2D eigenvalue weighted by atomic mass is 10.2. The van der Waals surface area contributed by atoms with E-state index in [2.05, 4.69) is 21.4 Å². The Morgan fingerprint density at radius 1 is 1.14 bits per heavy atom. The third kappa shape index (κ3) is 2.16. The Hall–Kier alpha value is -2.66. The highest BCUT2D eigenvalue weighted by molar-refractivity contribution is 7.13. The van der Waals surface area contributed by atoms with Gasteiger partial charge in [0, 0.05) is 34.3 Å². The highest BCUT2D eigenvalue weighted by Crippen LogP contribution is 2.32. The highest BCUT2D eigenvalue weighted by atomic mass is 32.1. The fourth-order valence-corrected chi connectivity index (χ4v) is 3.26. The Morgan fingerprint density at radius 2 is 2.00 bits per heavy atom. The summed E-state index contributed by atoms with van der Waals surface area (Å²) in [5.74, 6) is 0.850. The first-order chi connectivity index (χ1) is 10.8. The Balaban J connectivity index is 1.74. The van der Waals surface area contributed by atoms with Crippen molar-refractivity contribution in [1.82, 2.24) is 15.0 Å². The summed E-state index contributed by atoms with van der Waals surface area (Å²) in [7, 11) is 1.67. The summed E-state index contributed by atoms with van der Waals surface area (Å²) in [5.41, 5.74) is 4.03. The number of hydrogen-bond donors (Lipinski definition) is 1. The van der Waals surface area contributed by atoms with Crippen LogP contribution in [-0.4, -0.2) is 22.1 Å². The summed E-state index contributed by atoms with van der Waals surface area (Å²) in [5, 5.41) is 4.17. The van der Waals surface area contributed by atoms with Gasteiger partial charge in [0.1, 0.15) is 16.4 Å². The van der Waals surface area contributed by atoms with Crippen LogP contribution in [0.3, 0.4) is 0 Å². The van der Waals surface area contributed by atoms with E-state index in [9.17, 15) is 0 Å². The Labute approximate surface area is 131 Å². The van der Waals surface area contributed by atoms with Crippen LogP contribution in [0, 0.1) is 0 Å². The molecule has 1 aromatic carbocycles. The average molecular weight is 307 g/mol. The smallest absolute Gasteiger partial charge is 0.137 e. The second-order valence-electron chi connectivity index (χ2n) is 4.87. The number of nitrogens with zero attached hydrogens (tertiary/aromatic N) is 2. The van der Waals surface area contributed by atoms with Gasteiger partial charge in [-0.2, -0.15) is 0 Å². The Morgan fingerprint density at radius 3 is 2.82 bits per heavy atom. The topological polar surface area (TPSA) is 50.8 Å². The van der Waals surface area contributed by atoms with Gasteiger partial charge in [-0.15, -0.1) is 11.3 Å². The van der Waals surface area contributed by atoms with Crippen LogP contribution in [0.1, 0.15) is 0 Å². The number of rotatable bonds is 3. The molecule has 1 N–H and O–H groups in total. The van der Waals surface area contributed by atoms with Crippen molar-refractivity contribution in [2.45, 2.75) is 0 Å². The van der Waals surface area contributed by atoms with Gasteiger partial charge in [-0.25, -0.2) is 9.97 Å². The summed E-state index contributed by atoms with van der Waals surface area (Å²) >= 11 is 1.64. The lowest BCUT2D eigenvalue weighted by Gasteiger charge is -2.00. The number of ether oxygens (including phenoxy) is 1. The number of H-pyrrole nitrogens is 1. The maximum Gasteiger partial charge on any atom is 0.137 e. The molecule has 108 valence electrons. The first-order valence-electron chi connectivity index (χ1n) is 6.87. The number of methoxy groups -OCH3 is 1. The largest absolute Gasteiger partial charge is 0.497 e. The summed E-state index contributed by atoms with van der Waals surface area (Å²) in [6, 6.07) is 11.9. The van der Waals surface area contributed by atoms with Crippen LogP contribution in [-0.2, 0) is 0 Å². The predicted molar refractivity (Wildman–Crippen MR) is 89.2 cm³/mol. The molecule has 0 spiro atoms. The number of aromatic amines is 1. The van der Waals surface area contributed by atoms with Gasteiger partial charge in [-0.1, -0.05) is 0 Å². The SMILES string of the molecule is COc1ccc(-c2nc(-c3c[nH]c4ncccc34)cs2)cc1. The number of thiazole rings is 1. The van der Waals surface area contributed by atoms with Crippen LogP contribution in [0.2, 0.25) is 0 Å². The molecule has 0 aliphatic rings. The van der Waals surface area contributed by atoms with Crippen LogP contribution in [0.5, 0.6) is 5.75 Å². The molecule has 4 aromatic rings. The monoisotopic (exact) mass is 307 g/mol. The van der Waals surface area contributed by atoms with Crippen molar-refractivity contribution < 1.29 is 4.74 Å². The summed E-state index contributed by atoms with van der Waals surface area (Å²) in [4.78, 5) is 12.3. The van der Waals surface area contributed by atoms with Crippen molar-refractivity contribution in [2.75, 3.05) is 7.11 Å². The third-order valence-electron chi connectivity index (χ3n) is 3.57. The minimum absolute atomic E-state index is 0.850. The van der Waals surface area contributed by atoms with Crippen molar-refractivity contribution in [2.24, 2.45) is 0 Å². The predicted octanol–water partition coefficient (Wildman–Crippen LogP) is 4.36. The van der Waals surface area contributed by atoms with E-state index in [-0.39, 0.29) is 0 Å². The standard InChI is InChI=1S/C17H13N3OS/c1-21-12-6-4-11(5-7-12)17-20-15(10-22-17)14-9-19-16-13(14)3-2-8-18-16/h2-10H,1H3,(H,18,19). The molecule has 0 saturated carbocycles. The number of nitrogens with one attached hydrogen (secondary N) is 1. The zero-order valence-electron chi connectivity index (χ0n) is 11.9. The molecule has 4 rings (SSSR count). The van der Waals surface area contributed by atoms with E-state index in [1.807, 2.05) is 36.5 Å². The van der Waals surface area contributed by atoms with E-state index < -0.39 is 0 Å². The lowest BCUT2D eigenvalue weighted by Crippen LogP contribution is -1.82. The zero-order chi connectivity index (χ0) is 14.9. The summed E-state index contributed by atoms with van der Waals surface area (Å²) in [6.45, 7) is 0. The molecule has 0 radical (unpaired) electrons. The first-order valence-corrected chi connectivity index (χ1v) is 7.75. The molecule has 0 bridgehead atoms. The quantitative estimate of drug-likeness (QED) is 0.611. The van der Waals surface area contributed by atoms with Crippen molar-refractivity contribution in [3.8, 4) is 27.6 Å². The second-order valence-corrected chi connectivity index (χ2v) is 5.73. The van der Waals surface area contributed by atoms with Gasteiger partial charge in [-0.05, 0) is 36.4 Å². The number of hydrogen-bond acceptors (Lipinski definition) is 4. The fraction of sp³-hybridized carbons (Fsp3) is 0.0588. The van der Waals surface area contributed by atoms with E-state index in [1.165, 1.54) is 0 Å². The van der Waals surface area contributed by atoms with Crippen LogP contribution in [0.15, 0.2) is 54.2 Å². The van der Waals surface area contributed by atoms with Crippen molar-refractivity contribution in [3.63, 3.8) is 0 Å².